The van der Waals surface area contributed by atoms with Crippen LogP contribution in [-0.4, -0.2) is 29.9 Å². The smallest absolute Gasteiger partial charge is 0.303 e. The number of carbonyl (C=O) groups is 3. The molecular formula is C23H34O5. The molecule has 0 aromatic rings. The van der Waals surface area contributed by atoms with Gasteiger partial charge in [0, 0.05) is 19.3 Å². The minimum absolute atomic E-state index is 0.0717. The largest absolute Gasteiger partial charge is 0.463 e. The van der Waals surface area contributed by atoms with Gasteiger partial charge in [-0.15, -0.1) is 0 Å². The van der Waals surface area contributed by atoms with Crippen LogP contribution in [0.1, 0.15) is 79.1 Å². The summed E-state index contributed by atoms with van der Waals surface area (Å²) >= 11 is 0. The molecule has 5 heteroatoms. The number of carbonyl (C=O) groups excluding carboxylic acids is 3. The molecule has 4 aliphatic carbocycles. The first-order chi connectivity index (χ1) is 13.1. The predicted octanol–water partition coefficient (Wildman–Crippen LogP) is 4.07. The molecule has 0 radical (unpaired) electrons. The molecule has 0 heterocycles. The Morgan fingerprint density at radius 2 is 1.61 bits per heavy atom. The SMILES string of the molecule is CC(=O)O[C@@H]1CC[C@@]2(C)[C@@H](CC[C@@H]3[C@@H]2CC[C@]2(C)C(=O)[C@@H](OC(C)=O)C[C@@H]32)C1. The summed E-state index contributed by atoms with van der Waals surface area (Å²) in [5.74, 6) is 1.70. The van der Waals surface area contributed by atoms with E-state index in [0.29, 0.717) is 30.1 Å². The fraction of sp³-hybridized carbons (Fsp3) is 0.870. The van der Waals surface area contributed by atoms with Gasteiger partial charge in [-0.2, -0.15) is 0 Å². The van der Waals surface area contributed by atoms with Gasteiger partial charge in [0.05, 0.1) is 0 Å². The topological polar surface area (TPSA) is 69.7 Å². The van der Waals surface area contributed by atoms with Gasteiger partial charge in [-0.25, -0.2) is 0 Å². The van der Waals surface area contributed by atoms with Gasteiger partial charge >= 0.3 is 11.9 Å². The molecule has 0 aromatic heterocycles. The maximum Gasteiger partial charge on any atom is 0.303 e. The van der Waals surface area contributed by atoms with Gasteiger partial charge < -0.3 is 9.47 Å². The Balaban J connectivity index is 1.54. The van der Waals surface area contributed by atoms with E-state index in [2.05, 4.69) is 13.8 Å². The summed E-state index contributed by atoms with van der Waals surface area (Å²) in [6.45, 7) is 7.46. The first-order valence-corrected chi connectivity index (χ1v) is 11.0. The van der Waals surface area contributed by atoms with E-state index in [0.717, 1.165) is 44.9 Å². The lowest BCUT2D eigenvalue weighted by Crippen LogP contribution is -2.54. The lowest BCUT2D eigenvalue weighted by Gasteiger charge is -2.60. The van der Waals surface area contributed by atoms with Crippen LogP contribution in [0.4, 0.5) is 0 Å². The summed E-state index contributed by atoms with van der Waals surface area (Å²) in [7, 11) is 0. The monoisotopic (exact) mass is 390 g/mol. The molecule has 0 N–H and O–H groups in total. The summed E-state index contributed by atoms with van der Waals surface area (Å²) in [4.78, 5) is 35.9. The summed E-state index contributed by atoms with van der Waals surface area (Å²) < 4.78 is 10.9. The first-order valence-electron chi connectivity index (χ1n) is 11.0. The van der Waals surface area contributed by atoms with Gasteiger partial charge in [0.15, 0.2) is 11.9 Å². The van der Waals surface area contributed by atoms with Gasteiger partial charge in [-0.1, -0.05) is 13.8 Å². The van der Waals surface area contributed by atoms with E-state index < -0.39 is 6.10 Å². The van der Waals surface area contributed by atoms with Crippen molar-refractivity contribution in [1.82, 2.24) is 0 Å². The van der Waals surface area contributed by atoms with Gasteiger partial charge in [0.1, 0.15) is 6.10 Å². The summed E-state index contributed by atoms with van der Waals surface area (Å²) in [6.07, 6.45) is 7.54. The quantitative estimate of drug-likeness (QED) is 0.665. The lowest BCUT2D eigenvalue weighted by molar-refractivity contribution is -0.160. The Bertz CT molecular complexity index is 686. The summed E-state index contributed by atoms with van der Waals surface area (Å²) in [5, 5.41) is 0. The van der Waals surface area contributed by atoms with Crippen molar-refractivity contribution in [3.8, 4) is 0 Å². The number of hydrogen-bond donors (Lipinski definition) is 0. The van der Waals surface area contributed by atoms with E-state index in [-0.39, 0.29) is 34.7 Å². The number of rotatable bonds is 2. The van der Waals surface area contributed by atoms with Crippen LogP contribution in [0.5, 0.6) is 0 Å². The van der Waals surface area contributed by atoms with Crippen LogP contribution in [0, 0.1) is 34.5 Å². The maximum absolute atomic E-state index is 13.1. The lowest BCUT2D eigenvalue weighted by atomic mass is 9.45. The first kappa shape index (κ1) is 19.9. The van der Waals surface area contributed by atoms with Crippen molar-refractivity contribution in [3.63, 3.8) is 0 Å². The van der Waals surface area contributed by atoms with Crippen LogP contribution < -0.4 is 0 Å². The highest BCUT2D eigenvalue weighted by molar-refractivity contribution is 5.92. The van der Waals surface area contributed by atoms with Crippen molar-refractivity contribution in [2.75, 3.05) is 0 Å². The van der Waals surface area contributed by atoms with Gasteiger partial charge in [0.25, 0.3) is 0 Å². The molecular weight excluding hydrogens is 356 g/mol. The minimum atomic E-state index is -0.545. The average molecular weight is 391 g/mol. The van der Waals surface area contributed by atoms with E-state index in [1.807, 2.05) is 0 Å². The Labute approximate surface area is 167 Å². The van der Waals surface area contributed by atoms with E-state index in [9.17, 15) is 14.4 Å². The van der Waals surface area contributed by atoms with Crippen LogP contribution in [0.25, 0.3) is 0 Å². The molecule has 4 rings (SSSR count). The molecule has 0 bridgehead atoms. The third kappa shape index (κ3) is 3.00. The van der Waals surface area contributed by atoms with Crippen LogP contribution in [0.3, 0.4) is 0 Å². The summed E-state index contributed by atoms with van der Waals surface area (Å²) in [5.41, 5.74) is -0.0666. The molecule has 0 saturated heterocycles. The number of hydrogen-bond acceptors (Lipinski definition) is 5. The molecule has 28 heavy (non-hydrogen) atoms. The molecule has 4 fully saturated rings. The van der Waals surface area contributed by atoms with Crippen LogP contribution in [0.2, 0.25) is 0 Å². The highest BCUT2D eigenvalue weighted by Crippen LogP contribution is 2.65. The third-order valence-corrected chi connectivity index (χ3v) is 8.97. The van der Waals surface area contributed by atoms with Crippen LogP contribution in [0.15, 0.2) is 0 Å². The van der Waals surface area contributed by atoms with Crippen molar-refractivity contribution in [2.45, 2.75) is 91.3 Å². The average Bonchev–Trinajstić information content (AvgIpc) is 2.86. The molecule has 4 saturated carbocycles. The predicted molar refractivity (Wildman–Crippen MR) is 103 cm³/mol. The number of ketones is 1. The number of fused-ring (bicyclic) bond motifs is 5. The molecule has 5 nitrogen and oxygen atoms in total. The third-order valence-electron chi connectivity index (χ3n) is 8.97. The molecule has 8 atom stereocenters. The number of ether oxygens (including phenoxy) is 2. The fourth-order valence-electron chi connectivity index (χ4n) is 7.63. The second-order valence-corrected chi connectivity index (χ2v) is 10.3. The maximum atomic E-state index is 13.1. The Morgan fingerprint density at radius 1 is 0.893 bits per heavy atom. The molecule has 0 spiro atoms. The van der Waals surface area contributed by atoms with Crippen molar-refractivity contribution in [2.24, 2.45) is 34.5 Å². The fourth-order valence-corrected chi connectivity index (χ4v) is 7.63. The highest BCUT2D eigenvalue weighted by Gasteiger charge is 2.63. The van der Waals surface area contributed by atoms with Gasteiger partial charge in [0.2, 0.25) is 0 Å². The van der Waals surface area contributed by atoms with E-state index in [1.165, 1.54) is 13.8 Å². The van der Waals surface area contributed by atoms with Gasteiger partial charge in [-0.05, 0) is 80.5 Å². The van der Waals surface area contributed by atoms with Crippen molar-refractivity contribution in [1.29, 1.82) is 0 Å². The summed E-state index contributed by atoms with van der Waals surface area (Å²) in [6, 6.07) is 0. The minimum Gasteiger partial charge on any atom is -0.463 e. The second-order valence-electron chi connectivity index (χ2n) is 10.3. The van der Waals surface area contributed by atoms with Crippen LogP contribution in [-0.2, 0) is 23.9 Å². The molecule has 0 unspecified atom stereocenters. The zero-order valence-corrected chi connectivity index (χ0v) is 17.7. The Hall–Kier alpha value is -1.39. The molecule has 156 valence electrons. The number of Topliss-reactive ketones (excluding diaryl/α,β-unsaturated/α-hetero) is 1. The normalized spacial score (nSPS) is 47.5. The zero-order valence-electron chi connectivity index (χ0n) is 17.7. The highest BCUT2D eigenvalue weighted by atomic mass is 16.5. The van der Waals surface area contributed by atoms with Gasteiger partial charge in [-0.3, -0.25) is 14.4 Å². The zero-order chi connectivity index (χ0) is 20.3. The van der Waals surface area contributed by atoms with E-state index >= 15 is 0 Å². The Kier molecular flexibility index (Phi) is 4.86. The van der Waals surface area contributed by atoms with E-state index in [4.69, 9.17) is 9.47 Å². The molecule has 0 aliphatic heterocycles. The second kappa shape index (κ2) is 6.84. The molecule has 4 aliphatic rings. The standard InChI is InChI=1S/C23H34O5/c1-13(24)27-16-7-9-22(3)15(11-16)5-6-17-18(22)8-10-23(4)19(17)12-20(21(23)26)28-14(2)25/h15-20H,5-12H2,1-4H3/t15-,16+,17+,18-,19-,20-,22-,23-/m0/s1. The number of esters is 2. The van der Waals surface area contributed by atoms with E-state index in [1.54, 1.807) is 0 Å². The van der Waals surface area contributed by atoms with Crippen LogP contribution >= 0.6 is 0 Å². The van der Waals surface area contributed by atoms with Crippen molar-refractivity contribution >= 4 is 17.7 Å². The van der Waals surface area contributed by atoms with Crippen molar-refractivity contribution in [3.05, 3.63) is 0 Å². The molecule has 0 amide bonds. The van der Waals surface area contributed by atoms with Crippen molar-refractivity contribution < 1.29 is 23.9 Å². The Morgan fingerprint density at radius 3 is 2.29 bits per heavy atom. The molecule has 0 aromatic carbocycles.